The van der Waals surface area contributed by atoms with Crippen LogP contribution in [0.3, 0.4) is 0 Å². The minimum Gasteiger partial charge on any atom is -0.493 e. The fraction of sp³-hybridized carbons (Fsp3) is 0.440. The van der Waals surface area contributed by atoms with E-state index in [2.05, 4.69) is 0 Å². The second-order valence-electron chi connectivity index (χ2n) is 8.65. The zero-order chi connectivity index (χ0) is 22.3. The van der Waals surface area contributed by atoms with Crippen molar-refractivity contribution in [2.75, 3.05) is 20.8 Å². The number of ether oxygens (including phenoxy) is 5. The summed E-state index contributed by atoms with van der Waals surface area (Å²) in [7, 11) is 3.13. The molecule has 0 radical (unpaired) electrons. The van der Waals surface area contributed by atoms with Crippen molar-refractivity contribution in [3.8, 4) is 28.4 Å². The van der Waals surface area contributed by atoms with E-state index in [9.17, 15) is 9.59 Å². The van der Waals surface area contributed by atoms with Gasteiger partial charge in [-0.15, -0.1) is 0 Å². The van der Waals surface area contributed by atoms with E-state index in [1.54, 1.807) is 20.3 Å². The molecule has 0 amide bonds. The molecule has 2 aromatic carbocycles. The predicted molar refractivity (Wildman–Crippen MR) is 115 cm³/mol. The molecule has 2 saturated carbocycles. The summed E-state index contributed by atoms with van der Waals surface area (Å²) in [5, 5.41) is 0. The van der Waals surface area contributed by atoms with Crippen molar-refractivity contribution in [3.63, 3.8) is 0 Å². The van der Waals surface area contributed by atoms with Crippen LogP contribution < -0.4 is 14.2 Å². The highest BCUT2D eigenvalue weighted by atomic mass is 16.6. The lowest BCUT2D eigenvalue weighted by Gasteiger charge is -2.27. The molecule has 1 heterocycles. The van der Waals surface area contributed by atoms with Crippen molar-refractivity contribution in [2.24, 2.45) is 5.92 Å². The topological polar surface area (TPSA) is 80.3 Å². The normalized spacial score (nSPS) is 18.2. The Balaban J connectivity index is 1.44. The van der Waals surface area contributed by atoms with E-state index in [4.69, 9.17) is 23.7 Å². The van der Waals surface area contributed by atoms with Crippen molar-refractivity contribution in [1.82, 2.24) is 0 Å². The van der Waals surface area contributed by atoms with E-state index >= 15 is 0 Å². The Morgan fingerprint density at radius 2 is 1.84 bits per heavy atom. The molecule has 5 rings (SSSR count). The zero-order valence-electron chi connectivity index (χ0n) is 18.3. The van der Waals surface area contributed by atoms with E-state index in [0.29, 0.717) is 22.8 Å². The second-order valence-corrected chi connectivity index (χ2v) is 8.65. The summed E-state index contributed by atoms with van der Waals surface area (Å²) < 4.78 is 28.3. The van der Waals surface area contributed by atoms with Crippen LogP contribution in [0.2, 0.25) is 0 Å². The average molecular weight is 438 g/mol. The van der Waals surface area contributed by atoms with Crippen LogP contribution >= 0.6 is 0 Å². The van der Waals surface area contributed by atoms with Gasteiger partial charge in [-0.1, -0.05) is 12.5 Å². The third kappa shape index (κ3) is 3.66. The molecule has 2 aliphatic carbocycles. The quantitative estimate of drug-likeness (QED) is 0.569. The molecule has 0 saturated heterocycles. The first-order valence-electron chi connectivity index (χ1n) is 10.9. The van der Waals surface area contributed by atoms with Gasteiger partial charge in [-0.2, -0.15) is 0 Å². The first kappa shape index (κ1) is 20.7. The van der Waals surface area contributed by atoms with Crippen molar-refractivity contribution in [1.29, 1.82) is 0 Å². The summed E-state index contributed by atoms with van der Waals surface area (Å²) in [5.74, 6) is 1.15. The number of carbonyl (C=O) groups is 2. The summed E-state index contributed by atoms with van der Waals surface area (Å²) in [5.41, 5.74) is 2.51. The van der Waals surface area contributed by atoms with Crippen LogP contribution in [-0.4, -0.2) is 38.4 Å². The molecular weight excluding hydrogens is 412 g/mol. The smallest absolute Gasteiger partial charge is 0.338 e. The zero-order valence-corrected chi connectivity index (χ0v) is 18.3. The summed E-state index contributed by atoms with van der Waals surface area (Å²) >= 11 is 0. The van der Waals surface area contributed by atoms with Gasteiger partial charge in [0.1, 0.15) is 18.8 Å². The fourth-order valence-corrected chi connectivity index (χ4v) is 4.13. The molecule has 0 spiro atoms. The van der Waals surface area contributed by atoms with Gasteiger partial charge in [0.05, 0.1) is 25.7 Å². The van der Waals surface area contributed by atoms with Crippen molar-refractivity contribution in [2.45, 2.75) is 44.3 Å². The van der Waals surface area contributed by atoms with Gasteiger partial charge in [0, 0.05) is 11.1 Å². The maximum absolute atomic E-state index is 12.4. The molecule has 2 fully saturated rings. The van der Waals surface area contributed by atoms with Gasteiger partial charge in [-0.25, -0.2) is 4.79 Å². The monoisotopic (exact) mass is 438 g/mol. The summed E-state index contributed by atoms with van der Waals surface area (Å²) in [6.45, 7) is 0.500. The first-order valence-corrected chi connectivity index (χ1v) is 10.9. The number of hydrogen-bond donors (Lipinski definition) is 0. The maximum atomic E-state index is 12.4. The second kappa shape index (κ2) is 8.04. The highest BCUT2D eigenvalue weighted by Gasteiger charge is 2.49. The summed E-state index contributed by atoms with van der Waals surface area (Å²) in [4.78, 5) is 24.2. The Hall–Kier alpha value is -3.22. The van der Waals surface area contributed by atoms with Gasteiger partial charge in [0.2, 0.25) is 5.75 Å². The molecule has 0 atom stereocenters. The lowest BCUT2D eigenvalue weighted by atomic mass is 9.85. The molecule has 0 N–H and O–H groups in total. The Morgan fingerprint density at radius 1 is 1.06 bits per heavy atom. The first-order chi connectivity index (χ1) is 15.5. The average Bonchev–Trinajstić information content (AvgIpc) is 3.42. The standard InChI is InChI=1S/C25H26O7/c1-28-20-9-8-18(16-6-7-19-17(12-16)13-30-24(19)27)21(22(20)29-2)31-14-25(10-11-25)32-23(26)15-4-3-5-15/h6-9,12,15H,3-5,10-11,13-14H2,1-2H3. The third-order valence-electron chi connectivity index (χ3n) is 6.54. The lowest BCUT2D eigenvalue weighted by molar-refractivity contribution is -0.161. The van der Waals surface area contributed by atoms with Crippen molar-refractivity contribution >= 4 is 11.9 Å². The number of esters is 2. The van der Waals surface area contributed by atoms with E-state index in [0.717, 1.165) is 48.8 Å². The van der Waals surface area contributed by atoms with Gasteiger partial charge >= 0.3 is 11.9 Å². The number of carbonyl (C=O) groups excluding carboxylic acids is 2. The summed E-state index contributed by atoms with van der Waals surface area (Å²) in [6.07, 6.45) is 4.48. The number of fused-ring (bicyclic) bond motifs is 1. The number of cyclic esters (lactones) is 1. The molecule has 3 aliphatic rings. The lowest BCUT2D eigenvalue weighted by Crippen LogP contribution is -2.33. The van der Waals surface area contributed by atoms with Crippen LogP contribution in [0.5, 0.6) is 17.2 Å². The summed E-state index contributed by atoms with van der Waals surface area (Å²) in [6, 6.07) is 9.28. The Morgan fingerprint density at radius 3 is 2.50 bits per heavy atom. The van der Waals surface area contributed by atoms with E-state index in [1.807, 2.05) is 24.3 Å². The van der Waals surface area contributed by atoms with Crippen LogP contribution in [0.4, 0.5) is 0 Å². The van der Waals surface area contributed by atoms with Gasteiger partial charge in [-0.3, -0.25) is 4.79 Å². The largest absolute Gasteiger partial charge is 0.493 e. The van der Waals surface area contributed by atoms with E-state index in [-0.39, 0.29) is 31.1 Å². The number of hydrogen-bond acceptors (Lipinski definition) is 7. The third-order valence-corrected chi connectivity index (χ3v) is 6.54. The van der Waals surface area contributed by atoms with Crippen molar-refractivity contribution in [3.05, 3.63) is 41.5 Å². The van der Waals surface area contributed by atoms with Gasteiger partial charge in [-0.05, 0) is 55.5 Å². The molecule has 1 aliphatic heterocycles. The minimum atomic E-state index is -0.573. The maximum Gasteiger partial charge on any atom is 0.338 e. The molecule has 32 heavy (non-hydrogen) atoms. The highest BCUT2D eigenvalue weighted by molar-refractivity contribution is 5.94. The fourth-order valence-electron chi connectivity index (χ4n) is 4.13. The Bertz CT molecular complexity index is 1070. The molecule has 0 aromatic heterocycles. The van der Waals surface area contributed by atoms with Crippen molar-refractivity contribution < 1.29 is 33.3 Å². The van der Waals surface area contributed by atoms with Crippen LogP contribution in [0.1, 0.15) is 48.0 Å². The molecule has 7 nitrogen and oxygen atoms in total. The Kier molecular flexibility index (Phi) is 5.19. The molecule has 0 bridgehead atoms. The van der Waals surface area contributed by atoms with E-state index < -0.39 is 5.60 Å². The molecule has 0 unspecified atom stereocenters. The van der Waals surface area contributed by atoms with Crippen LogP contribution in [0.25, 0.3) is 11.1 Å². The van der Waals surface area contributed by atoms with E-state index in [1.165, 1.54) is 0 Å². The van der Waals surface area contributed by atoms with Gasteiger partial charge in [0.15, 0.2) is 11.5 Å². The molecule has 168 valence electrons. The van der Waals surface area contributed by atoms with Gasteiger partial charge < -0.3 is 23.7 Å². The molecule has 2 aromatic rings. The molecular formula is C25H26O7. The number of benzene rings is 2. The molecule has 7 heteroatoms. The number of rotatable bonds is 8. The Labute approximate surface area is 186 Å². The highest BCUT2D eigenvalue weighted by Crippen LogP contribution is 2.48. The van der Waals surface area contributed by atoms with Gasteiger partial charge in [0.25, 0.3) is 0 Å². The van der Waals surface area contributed by atoms with Crippen LogP contribution in [0.15, 0.2) is 30.3 Å². The van der Waals surface area contributed by atoms with Crippen LogP contribution in [-0.2, 0) is 20.9 Å². The minimum absolute atomic E-state index is 0.0331. The number of methoxy groups -OCH3 is 2. The van der Waals surface area contributed by atoms with Crippen LogP contribution in [0, 0.1) is 5.92 Å². The SMILES string of the molecule is COc1ccc(-c2ccc3c(c2)COC3=O)c(OCC2(OC(=O)C3CCC3)CC2)c1OC. The predicted octanol–water partition coefficient (Wildman–Crippen LogP) is 4.30.